The Labute approximate surface area is 167 Å². The molecule has 5 heteroatoms. The number of carbonyl (C=O) groups excluding carboxylic acids is 2. The first-order chi connectivity index (χ1) is 13.3. The van der Waals surface area contributed by atoms with E-state index in [2.05, 4.69) is 19.2 Å². The number of rotatable bonds is 8. The van der Waals surface area contributed by atoms with Crippen LogP contribution in [0.4, 0.5) is 5.69 Å². The Morgan fingerprint density at radius 3 is 2.46 bits per heavy atom. The molecule has 0 heterocycles. The molecular weight excluding hydrogens is 352 g/mol. The van der Waals surface area contributed by atoms with Crippen LogP contribution in [0.3, 0.4) is 0 Å². The van der Waals surface area contributed by atoms with E-state index in [4.69, 9.17) is 4.74 Å². The van der Waals surface area contributed by atoms with Crippen molar-refractivity contribution in [1.82, 2.24) is 5.32 Å². The Balaban J connectivity index is 2.07. The van der Waals surface area contributed by atoms with E-state index in [-0.39, 0.29) is 24.3 Å². The summed E-state index contributed by atoms with van der Waals surface area (Å²) in [6.45, 7) is 8.13. The van der Waals surface area contributed by atoms with E-state index in [1.165, 1.54) is 6.92 Å². The van der Waals surface area contributed by atoms with Gasteiger partial charge in [-0.2, -0.15) is 0 Å². The minimum Gasteiger partial charge on any atom is -0.496 e. The summed E-state index contributed by atoms with van der Waals surface area (Å²) in [6.07, 6.45) is 0.664. The maximum atomic E-state index is 12.5. The quantitative estimate of drug-likeness (QED) is 0.755. The van der Waals surface area contributed by atoms with Gasteiger partial charge in [0, 0.05) is 13.5 Å². The smallest absolute Gasteiger partial charge is 0.240 e. The first-order valence-corrected chi connectivity index (χ1v) is 9.61. The van der Waals surface area contributed by atoms with Crippen LogP contribution in [0.25, 0.3) is 0 Å². The Morgan fingerprint density at radius 1 is 1.11 bits per heavy atom. The van der Waals surface area contributed by atoms with Crippen LogP contribution in [0.1, 0.15) is 43.4 Å². The van der Waals surface area contributed by atoms with Gasteiger partial charge in [0.15, 0.2) is 0 Å². The minimum atomic E-state index is -0.178. The van der Waals surface area contributed by atoms with Gasteiger partial charge in [-0.15, -0.1) is 0 Å². The van der Waals surface area contributed by atoms with Crippen LogP contribution in [0.2, 0.25) is 0 Å². The fourth-order valence-electron chi connectivity index (χ4n) is 3.31. The lowest BCUT2D eigenvalue weighted by atomic mass is 9.97. The number of benzene rings is 2. The average Bonchev–Trinajstić information content (AvgIpc) is 2.66. The summed E-state index contributed by atoms with van der Waals surface area (Å²) in [4.78, 5) is 26.4. The molecule has 0 aliphatic rings. The topological polar surface area (TPSA) is 58.6 Å². The van der Waals surface area contributed by atoms with Crippen LogP contribution in [-0.4, -0.2) is 32.0 Å². The third-order valence-corrected chi connectivity index (χ3v) is 4.75. The summed E-state index contributed by atoms with van der Waals surface area (Å²) in [5, 5.41) is 2.92. The summed E-state index contributed by atoms with van der Waals surface area (Å²) in [7, 11) is 1.64. The Morgan fingerprint density at radius 2 is 1.82 bits per heavy atom. The van der Waals surface area contributed by atoms with Crippen molar-refractivity contribution in [3.05, 3.63) is 59.2 Å². The molecule has 0 bridgehead atoms. The molecule has 0 fully saturated rings. The summed E-state index contributed by atoms with van der Waals surface area (Å²) < 4.78 is 5.34. The zero-order valence-electron chi connectivity index (χ0n) is 17.4. The van der Waals surface area contributed by atoms with Gasteiger partial charge in [0.05, 0.1) is 12.8 Å². The van der Waals surface area contributed by atoms with Crippen molar-refractivity contribution in [2.45, 2.75) is 40.0 Å². The molecule has 0 saturated carbocycles. The number of aryl methyl sites for hydroxylation is 1. The molecule has 0 radical (unpaired) electrons. The number of ether oxygens (including phenoxy) is 1. The molecule has 150 valence electrons. The Bertz CT molecular complexity index is 830. The molecule has 0 unspecified atom stereocenters. The van der Waals surface area contributed by atoms with E-state index in [0.717, 1.165) is 28.1 Å². The summed E-state index contributed by atoms with van der Waals surface area (Å²) in [5.74, 6) is 0.744. The van der Waals surface area contributed by atoms with E-state index in [9.17, 15) is 9.59 Å². The highest BCUT2D eigenvalue weighted by Gasteiger charge is 2.21. The van der Waals surface area contributed by atoms with Gasteiger partial charge >= 0.3 is 0 Å². The van der Waals surface area contributed by atoms with Crippen molar-refractivity contribution in [3.8, 4) is 5.75 Å². The van der Waals surface area contributed by atoms with Gasteiger partial charge in [-0.25, -0.2) is 0 Å². The van der Waals surface area contributed by atoms with Crippen LogP contribution >= 0.6 is 0 Å². The highest BCUT2D eigenvalue weighted by molar-refractivity contribution is 5.98. The number of methoxy groups -OCH3 is 1. The van der Waals surface area contributed by atoms with Crippen molar-refractivity contribution < 1.29 is 14.3 Å². The van der Waals surface area contributed by atoms with Gasteiger partial charge in [0.25, 0.3) is 0 Å². The van der Waals surface area contributed by atoms with Crippen molar-refractivity contribution in [3.63, 3.8) is 0 Å². The minimum absolute atomic E-state index is 0.00578. The maximum Gasteiger partial charge on any atom is 0.240 e. The zero-order chi connectivity index (χ0) is 20.7. The van der Waals surface area contributed by atoms with Crippen LogP contribution in [-0.2, 0) is 16.0 Å². The second-order valence-corrected chi connectivity index (χ2v) is 7.18. The van der Waals surface area contributed by atoms with Gasteiger partial charge in [-0.3, -0.25) is 9.59 Å². The second kappa shape index (κ2) is 9.93. The zero-order valence-corrected chi connectivity index (χ0v) is 17.4. The molecule has 0 aromatic heterocycles. The molecule has 0 aliphatic heterocycles. The number of nitrogens with zero attached hydrogens (tertiary/aromatic N) is 1. The number of para-hydroxylation sites is 2. The van der Waals surface area contributed by atoms with Crippen molar-refractivity contribution >= 4 is 17.5 Å². The molecule has 5 nitrogen and oxygen atoms in total. The largest absolute Gasteiger partial charge is 0.496 e. The fourth-order valence-corrected chi connectivity index (χ4v) is 3.31. The molecule has 0 atom stereocenters. The second-order valence-electron chi connectivity index (χ2n) is 7.18. The highest BCUT2D eigenvalue weighted by atomic mass is 16.5. The molecule has 28 heavy (non-hydrogen) atoms. The van der Waals surface area contributed by atoms with E-state index in [1.807, 2.05) is 49.4 Å². The Hall–Kier alpha value is -2.82. The highest BCUT2D eigenvalue weighted by Crippen LogP contribution is 2.31. The number of anilines is 1. The molecule has 0 aliphatic carbocycles. The number of hydrogen-bond donors (Lipinski definition) is 1. The molecule has 2 amide bonds. The molecule has 0 saturated heterocycles. The van der Waals surface area contributed by atoms with Gasteiger partial charge < -0.3 is 15.0 Å². The lowest BCUT2D eigenvalue weighted by Crippen LogP contribution is -2.41. The standard InChI is InChI=1S/C23H30N2O3/c1-16(2)20-11-8-9-17(3)23(20)25(18(4)26)15-22(27)24-14-13-19-10-6-7-12-21(19)28-5/h6-12,16H,13-15H2,1-5H3,(H,24,27). The average molecular weight is 383 g/mol. The fraction of sp³-hybridized carbons (Fsp3) is 0.391. The molecule has 2 aromatic carbocycles. The lowest BCUT2D eigenvalue weighted by Gasteiger charge is -2.27. The summed E-state index contributed by atoms with van der Waals surface area (Å²) in [5.41, 5.74) is 3.93. The van der Waals surface area contributed by atoms with E-state index < -0.39 is 0 Å². The molecule has 0 spiro atoms. The van der Waals surface area contributed by atoms with Gasteiger partial charge in [0.2, 0.25) is 11.8 Å². The van der Waals surface area contributed by atoms with E-state index in [0.29, 0.717) is 13.0 Å². The third-order valence-electron chi connectivity index (χ3n) is 4.75. The van der Waals surface area contributed by atoms with Crippen molar-refractivity contribution in [2.75, 3.05) is 25.1 Å². The van der Waals surface area contributed by atoms with Gasteiger partial charge in [0.1, 0.15) is 12.3 Å². The van der Waals surface area contributed by atoms with Crippen molar-refractivity contribution in [1.29, 1.82) is 0 Å². The first-order valence-electron chi connectivity index (χ1n) is 9.61. The number of amides is 2. The van der Waals surface area contributed by atoms with Gasteiger partial charge in [-0.05, 0) is 42.0 Å². The predicted octanol–water partition coefficient (Wildman–Crippen LogP) is 3.84. The molecule has 2 rings (SSSR count). The van der Waals surface area contributed by atoms with Crippen molar-refractivity contribution in [2.24, 2.45) is 0 Å². The monoisotopic (exact) mass is 382 g/mol. The first kappa shape index (κ1) is 21.5. The molecule has 1 N–H and O–H groups in total. The van der Waals surface area contributed by atoms with Crippen LogP contribution in [0.5, 0.6) is 5.75 Å². The number of hydrogen-bond acceptors (Lipinski definition) is 3. The lowest BCUT2D eigenvalue weighted by molar-refractivity contribution is -0.123. The van der Waals surface area contributed by atoms with Crippen LogP contribution in [0.15, 0.2) is 42.5 Å². The van der Waals surface area contributed by atoms with E-state index in [1.54, 1.807) is 12.0 Å². The normalized spacial score (nSPS) is 10.6. The predicted molar refractivity (Wildman–Crippen MR) is 113 cm³/mol. The number of carbonyl (C=O) groups is 2. The third kappa shape index (κ3) is 5.35. The summed E-state index contributed by atoms with van der Waals surface area (Å²) >= 11 is 0. The van der Waals surface area contributed by atoms with E-state index >= 15 is 0 Å². The SMILES string of the molecule is COc1ccccc1CCNC(=O)CN(C(C)=O)c1c(C)cccc1C(C)C. The maximum absolute atomic E-state index is 12.5. The van der Waals surface area contributed by atoms with Crippen LogP contribution in [0, 0.1) is 6.92 Å². The number of nitrogens with one attached hydrogen (secondary N) is 1. The molecular formula is C23H30N2O3. The molecule has 2 aromatic rings. The van der Waals surface area contributed by atoms with Crippen LogP contribution < -0.4 is 15.0 Å². The van der Waals surface area contributed by atoms with Gasteiger partial charge in [-0.1, -0.05) is 50.2 Å². The summed E-state index contributed by atoms with van der Waals surface area (Å²) in [6, 6.07) is 13.7. The Kier molecular flexibility index (Phi) is 7.61.